The van der Waals surface area contributed by atoms with Crippen LogP contribution in [-0.2, 0) is 24.6 Å². The first-order valence-electron chi connectivity index (χ1n) is 15.9. The molecule has 1 heterocycles. The van der Waals surface area contributed by atoms with E-state index < -0.39 is 35.0 Å². The van der Waals surface area contributed by atoms with Crippen molar-refractivity contribution in [2.45, 2.75) is 24.2 Å². The molecule has 0 unspecified atom stereocenters. The van der Waals surface area contributed by atoms with Gasteiger partial charge in [-0.3, -0.25) is 24.1 Å². The van der Waals surface area contributed by atoms with Crippen LogP contribution >= 0.6 is 27.5 Å². The maximum Gasteiger partial charge on any atom is 0.238 e. The van der Waals surface area contributed by atoms with Crippen molar-refractivity contribution in [1.82, 2.24) is 0 Å². The number of phenols is 1. The highest BCUT2D eigenvalue weighted by Gasteiger charge is 2.66. The molecule has 1 aliphatic heterocycles. The molecule has 2 fully saturated rings. The lowest BCUT2D eigenvalue weighted by molar-refractivity contribution is -0.135. The molecular weight excluding hydrogens is 690 g/mol. The summed E-state index contributed by atoms with van der Waals surface area (Å²) in [6.45, 7) is 0. The van der Waals surface area contributed by atoms with Crippen LogP contribution in [0.4, 0.5) is 5.69 Å². The number of aromatic hydroxyl groups is 1. The van der Waals surface area contributed by atoms with Crippen LogP contribution in [0.15, 0.2) is 125 Å². The smallest absolute Gasteiger partial charge is 0.238 e. The van der Waals surface area contributed by atoms with Gasteiger partial charge in [0, 0.05) is 26.9 Å². The van der Waals surface area contributed by atoms with Crippen LogP contribution in [0.5, 0.6) is 5.75 Å². The van der Waals surface area contributed by atoms with Crippen molar-refractivity contribution < 1.29 is 24.3 Å². The van der Waals surface area contributed by atoms with Crippen molar-refractivity contribution >= 4 is 62.2 Å². The molecule has 6 atom stereocenters. The molecule has 8 rings (SSSR count). The zero-order valence-electron chi connectivity index (χ0n) is 25.6. The number of anilines is 1. The molecule has 0 spiro atoms. The molecule has 1 saturated carbocycles. The van der Waals surface area contributed by atoms with E-state index in [9.17, 15) is 19.5 Å². The molecule has 3 aliphatic carbocycles. The number of nitrogens with zero attached hydrogens (tertiary/aromatic N) is 1. The Bertz CT molecular complexity index is 2080. The number of carbonyl (C=O) groups is 4. The lowest BCUT2D eigenvalue weighted by atomic mass is 9.44. The zero-order valence-corrected chi connectivity index (χ0v) is 27.9. The average molecular weight is 719 g/mol. The Morgan fingerprint density at radius 3 is 2.19 bits per heavy atom. The van der Waals surface area contributed by atoms with Gasteiger partial charge in [-0.2, -0.15) is 0 Å². The second kappa shape index (κ2) is 11.5. The van der Waals surface area contributed by atoms with Gasteiger partial charge < -0.3 is 5.11 Å². The van der Waals surface area contributed by atoms with Crippen molar-refractivity contribution in [1.29, 1.82) is 0 Å². The number of ketones is 2. The third-order valence-corrected chi connectivity index (χ3v) is 11.6. The maximum absolute atomic E-state index is 15.0. The van der Waals surface area contributed by atoms with Crippen LogP contribution < -0.4 is 4.90 Å². The highest BCUT2D eigenvalue weighted by molar-refractivity contribution is 9.10. The van der Waals surface area contributed by atoms with Crippen molar-refractivity contribution in [3.8, 4) is 5.75 Å². The quantitative estimate of drug-likeness (QED) is 0.172. The van der Waals surface area contributed by atoms with E-state index in [0.717, 1.165) is 10.0 Å². The monoisotopic (exact) mass is 717 g/mol. The molecule has 6 nitrogen and oxygen atoms in total. The highest BCUT2D eigenvalue weighted by Crippen LogP contribution is 2.64. The predicted molar refractivity (Wildman–Crippen MR) is 186 cm³/mol. The molecule has 8 heteroatoms. The van der Waals surface area contributed by atoms with Gasteiger partial charge in [0.15, 0.2) is 11.6 Å². The lowest BCUT2D eigenvalue weighted by Gasteiger charge is -2.55. The Labute approximate surface area is 290 Å². The lowest BCUT2D eigenvalue weighted by Crippen LogP contribution is -2.58. The van der Waals surface area contributed by atoms with Gasteiger partial charge in [0.2, 0.25) is 11.8 Å². The molecule has 1 saturated heterocycles. The minimum atomic E-state index is -1.39. The summed E-state index contributed by atoms with van der Waals surface area (Å²) in [6, 6.07) is 30.3. The molecule has 48 heavy (non-hydrogen) atoms. The topological polar surface area (TPSA) is 91.8 Å². The first-order chi connectivity index (χ1) is 23.2. The van der Waals surface area contributed by atoms with Crippen LogP contribution in [0.3, 0.4) is 0 Å². The van der Waals surface area contributed by atoms with Crippen LogP contribution in [0.2, 0.25) is 5.02 Å². The van der Waals surface area contributed by atoms with Crippen LogP contribution in [0.25, 0.3) is 5.57 Å². The number of carbonyl (C=O) groups excluding carboxylic acids is 4. The first-order valence-corrected chi connectivity index (χ1v) is 17.1. The van der Waals surface area contributed by atoms with E-state index in [1.165, 1.54) is 23.1 Å². The fourth-order valence-corrected chi connectivity index (χ4v) is 9.36. The normalized spacial score (nSPS) is 28.0. The Hall–Kier alpha value is -4.59. The number of rotatable bonds is 4. The Morgan fingerprint density at radius 1 is 0.812 bits per heavy atom. The van der Waals surface area contributed by atoms with E-state index in [4.69, 9.17) is 11.6 Å². The molecule has 4 aromatic rings. The number of imide groups is 1. The number of halogens is 2. The number of phenolic OH excluding ortho intramolecular Hbond substituents is 1. The third kappa shape index (κ3) is 4.44. The number of hydrogen-bond donors (Lipinski definition) is 1. The largest absolute Gasteiger partial charge is 0.508 e. The summed E-state index contributed by atoms with van der Waals surface area (Å²) < 4.78 is 0.826. The summed E-state index contributed by atoms with van der Waals surface area (Å²) in [7, 11) is 0. The van der Waals surface area contributed by atoms with Gasteiger partial charge in [0.1, 0.15) is 5.75 Å². The van der Waals surface area contributed by atoms with Gasteiger partial charge in [-0.05, 0) is 77.9 Å². The zero-order chi connectivity index (χ0) is 33.3. The minimum Gasteiger partial charge on any atom is -0.508 e. The van der Waals surface area contributed by atoms with Crippen molar-refractivity contribution in [3.05, 3.63) is 147 Å². The Balaban J connectivity index is 1.36. The molecule has 4 aliphatic rings. The van der Waals surface area contributed by atoms with Crippen LogP contribution in [0.1, 0.15) is 35.4 Å². The van der Waals surface area contributed by atoms with E-state index in [1.807, 2.05) is 66.7 Å². The number of Topliss-reactive ketones (excluding diaryl/α,β-unsaturated/α-hetero) is 1. The Kier molecular flexibility index (Phi) is 7.38. The standard InChI is InChI=1S/C40H29BrClNO5/c41-24-11-13-25(14-12-24)43-38(47)29-18-17-27-31(35(29)39(43)48)20-32-37(46)30(22-7-3-1-4-8-22)21-34(45)40(32,23-9-5-2-6-10-23)36(27)28-16-15-26(44)19-33(28)42/h1-17,19,21,29,31-32,35-36,44H,18,20H2/t29-,31+,32-,35-,36+,40-/m0/s1. The van der Waals surface area contributed by atoms with Gasteiger partial charge >= 0.3 is 0 Å². The second-order valence-electron chi connectivity index (χ2n) is 13.0. The summed E-state index contributed by atoms with van der Waals surface area (Å²) in [4.78, 5) is 59.7. The first kappa shape index (κ1) is 30.7. The van der Waals surface area contributed by atoms with Crippen LogP contribution in [-0.4, -0.2) is 28.5 Å². The number of benzene rings is 4. The number of amides is 2. The number of hydrogen-bond acceptors (Lipinski definition) is 5. The van der Waals surface area contributed by atoms with Gasteiger partial charge in [0.05, 0.1) is 22.9 Å². The molecule has 2 amide bonds. The predicted octanol–water partition coefficient (Wildman–Crippen LogP) is 7.84. The van der Waals surface area contributed by atoms with Gasteiger partial charge in [-0.15, -0.1) is 0 Å². The SMILES string of the molecule is O=C1C(c2ccccc2)=CC(=O)[C@@]2(c3ccccc3)[C@@H](c3ccc(O)cc3Cl)C3=CC[C@@H]4C(=O)N(c5ccc(Br)cc5)C(=O)[C@@H]4[C@@H]3C[C@@H]12. The molecule has 0 bridgehead atoms. The van der Waals surface area contributed by atoms with E-state index in [2.05, 4.69) is 15.9 Å². The van der Waals surface area contributed by atoms with Crippen LogP contribution in [0, 0.1) is 23.7 Å². The van der Waals surface area contributed by atoms with Crippen molar-refractivity contribution in [2.75, 3.05) is 4.90 Å². The minimum absolute atomic E-state index is 0.0295. The Morgan fingerprint density at radius 2 is 1.50 bits per heavy atom. The van der Waals surface area contributed by atoms with E-state index in [1.54, 1.807) is 30.3 Å². The average Bonchev–Trinajstić information content (AvgIpc) is 3.36. The number of allylic oxidation sites excluding steroid dienone is 4. The molecule has 1 N–H and O–H groups in total. The fourth-order valence-electron chi connectivity index (χ4n) is 8.81. The summed E-state index contributed by atoms with van der Waals surface area (Å²) in [6.07, 6.45) is 4.00. The van der Waals surface area contributed by atoms with Crippen molar-refractivity contribution in [3.63, 3.8) is 0 Å². The maximum atomic E-state index is 15.0. The second-order valence-corrected chi connectivity index (χ2v) is 14.3. The van der Waals surface area contributed by atoms with Gasteiger partial charge in [-0.1, -0.05) is 106 Å². The van der Waals surface area contributed by atoms with Crippen molar-refractivity contribution in [2.24, 2.45) is 23.7 Å². The van der Waals surface area contributed by atoms with E-state index in [0.29, 0.717) is 34.4 Å². The molecule has 4 aromatic carbocycles. The summed E-state index contributed by atoms with van der Waals surface area (Å²) in [5.41, 5.74) is 2.17. The molecule has 238 valence electrons. The summed E-state index contributed by atoms with van der Waals surface area (Å²) >= 11 is 10.4. The number of fused-ring (bicyclic) bond motifs is 4. The summed E-state index contributed by atoms with van der Waals surface area (Å²) in [5.74, 6) is -4.46. The highest BCUT2D eigenvalue weighted by atomic mass is 79.9. The van der Waals surface area contributed by atoms with E-state index in [-0.39, 0.29) is 40.6 Å². The molecule has 0 radical (unpaired) electrons. The van der Waals surface area contributed by atoms with Gasteiger partial charge in [0.25, 0.3) is 0 Å². The third-order valence-electron chi connectivity index (χ3n) is 10.8. The molecular formula is C40H29BrClNO5. The summed E-state index contributed by atoms with van der Waals surface area (Å²) in [5, 5.41) is 10.6. The van der Waals surface area contributed by atoms with E-state index >= 15 is 4.79 Å². The fraction of sp³-hybridized carbons (Fsp3) is 0.200. The molecule has 0 aromatic heterocycles. The van der Waals surface area contributed by atoms with Gasteiger partial charge in [-0.25, -0.2) is 0 Å².